The van der Waals surface area contributed by atoms with Crippen LogP contribution in [0, 0.1) is 0 Å². The molecular formula is C28H27N3O3. The molecule has 0 bridgehead atoms. The molecule has 0 radical (unpaired) electrons. The third-order valence-electron chi connectivity index (χ3n) is 6.44. The predicted molar refractivity (Wildman–Crippen MR) is 135 cm³/mol. The van der Waals surface area contributed by atoms with Crippen molar-refractivity contribution in [1.29, 1.82) is 0 Å². The second kappa shape index (κ2) is 9.43. The fourth-order valence-corrected chi connectivity index (χ4v) is 4.70. The van der Waals surface area contributed by atoms with Gasteiger partial charge in [-0.2, -0.15) is 5.10 Å². The lowest BCUT2D eigenvalue weighted by atomic mass is 9.91. The second-order valence-electron chi connectivity index (χ2n) is 8.51. The van der Waals surface area contributed by atoms with E-state index in [1.54, 1.807) is 19.2 Å². The van der Waals surface area contributed by atoms with E-state index in [4.69, 9.17) is 4.74 Å². The first-order chi connectivity index (χ1) is 16.7. The second-order valence-corrected chi connectivity index (χ2v) is 8.51. The summed E-state index contributed by atoms with van der Waals surface area (Å²) in [5.41, 5.74) is 6.47. The highest BCUT2D eigenvalue weighted by Gasteiger charge is 2.17. The lowest BCUT2D eigenvalue weighted by Gasteiger charge is -2.16. The number of carboxylic acids is 1. The summed E-state index contributed by atoms with van der Waals surface area (Å²) in [4.78, 5) is 11.6. The third kappa shape index (κ3) is 4.15. The summed E-state index contributed by atoms with van der Waals surface area (Å²) in [5, 5.41) is 21.3. The molecule has 0 unspecified atom stereocenters. The topological polar surface area (TPSA) is 87.2 Å². The molecular weight excluding hydrogens is 426 g/mol. The Morgan fingerprint density at radius 1 is 1.09 bits per heavy atom. The third-order valence-corrected chi connectivity index (χ3v) is 6.44. The van der Waals surface area contributed by atoms with E-state index in [0.29, 0.717) is 17.9 Å². The van der Waals surface area contributed by atoms with Crippen molar-refractivity contribution in [2.24, 2.45) is 0 Å². The number of benzene rings is 3. The molecule has 0 fully saturated rings. The molecule has 1 aromatic heterocycles. The fourth-order valence-electron chi connectivity index (χ4n) is 4.70. The quantitative estimate of drug-likeness (QED) is 0.297. The van der Waals surface area contributed by atoms with Crippen LogP contribution in [-0.2, 0) is 6.54 Å². The number of ether oxygens (including phenoxy) is 1. The van der Waals surface area contributed by atoms with Crippen molar-refractivity contribution >= 4 is 28.3 Å². The molecule has 3 N–H and O–H groups in total. The zero-order valence-electron chi connectivity index (χ0n) is 19.1. The average molecular weight is 454 g/mol. The van der Waals surface area contributed by atoms with Crippen LogP contribution in [0.15, 0.2) is 66.7 Å². The van der Waals surface area contributed by atoms with Crippen LogP contribution in [0.5, 0.6) is 5.75 Å². The first-order valence-electron chi connectivity index (χ1n) is 11.6. The summed E-state index contributed by atoms with van der Waals surface area (Å²) in [5.74, 6) is 0.551. The van der Waals surface area contributed by atoms with Crippen molar-refractivity contribution in [3.8, 4) is 16.9 Å². The number of rotatable bonds is 7. The maximum absolute atomic E-state index is 11.6. The first-order valence-corrected chi connectivity index (χ1v) is 11.6. The maximum Gasteiger partial charge on any atom is 0.336 e. The summed E-state index contributed by atoms with van der Waals surface area (Å²) in [7, 11) is 1.70. The van der Waals surface area contributed by atoms with Crippen molar-refractivity contribution in [2.45, 2.75) is 32.2 Å². The number of aromatic nitrogens is 2. The van der Waals surface area contributed by atoms with E-state index in [1.165, 1.54) is 24.0 Å². The Hall–Kier alpha value is -4.06. The molecule has 1 aliphatic carbocycles. The molecule has 0 spiro atoms. The number of fused-ring (bicyclic) bond motifs is 1. The van der Waals surface area contributed by atoms with Crippen molar-refractivity contribution in [1.82, 2.24) is 10.2 Å². The number of hydrogen-bond acceptors (Lipinski definition) is 4. The SMILES string of the molecule is COc1cc(C2=CCCCC2)ccc1-c1cccc2[nH]nc(NCc3ccccc3C(=O)O)c12. The van der Waals surface area contributed by atoms with E-state index in [2.05, 4.69) is 45.9 Å². The van der Waals surface area contributed by atoms with Crippen LogP contribution in [-0.4, -0.2) is 28.4 Å². The summed E-state index contributed by atoms with van der Waals surface area (Å²) in [6.45, 7) is 0.348. The van der Waals surface area contributed by atoms with Gasteiger partial charge < -0.3 is 15.2 Å². The van der Waals surface area contributed by atoms with Gasteiger partial charge in [0.1, 0.15) is 5.75 Å². The predicted octanol–water partition coefficient (Wildman–Crippen LogP) is 6.51. The van der Waals surface area contributed by atoms with E-state index < -0.39 is 5.97 Å². The van der Waals surface area contributed by atoms with Crippen LogP contribution in [0.4, 0.5) is 5.82 Å². The zero-order chi connectivity index (χ0) is 23.5. The lowest BCUT2D eigenvalue weighted by Crippen LogP contribution is -2.07. The average Bonchev–Trinajstić information content (AvgIpc) is 3.31. The monoisotopic (exact) mass is 453 g/mol. The van der Waals surface area contributed by atoms with Gasteiger partial charge >= 0.3 is 5.97 Å². The summed E-state index contributed by atoms with van der Waals surface area (Å²) in [6, 6.07) is 19.5. The molecule has 0 atom stereocenters. The number of hydrogen-bond donors (Lipinski definition) is 3. The molecule has 0 saturated heterocycles. The van der Waals surface area contributed by atoms with E-state index in [1.807, 2.05) is 24.3 Å². The van der Waals surface area contributed by atoms with Crippen LogP contribution in [0.25, 0.3) is 27.6 Å². The highest BCUT2D eigenvalue weighted by Crippen LogP contribution is 2.40. The van der Waals surface area contributed by atoms with E-state index in [0.717, 1.165) is 40.6 Å². The Labute approximate surface area is 198 Å². The Morgan fingerprint density at radius 2 is 1.97 bits per heavy atom. The number of aromatic amines is 1. The number of H-pyrrole nitrogens is 1. The van der Waals surface area contributed by atoms with Gasteiger partial charge in [-0.3, -0.25) is 5.10 Å². The largest absolute Gasteiger partial charge is 0.496 e. The molecule has 1 aliphatic rings. The maximum atomic E-state index is 11.6. The van der Waals surface area contributed by atoms with Gasteiger partial charge in [-0.1, -0.05) is 48.5 Å². The number of anilines is 1. The number of methoxy groups -OCH3 is 1. The van der Waals surface area contributed by atoms with Crippen LogP contribution in [0.1, 0.15) is 47.2 Å². The number of aromatic carboxylic acids is 1. The van der Waals surface area contributed by atoms with Gasteiger partial charge in [0.2, 0.25) is 0 Å². The summed E-state index contributed by atoms with van der Waals surface area (Å²) < 4.78 is 5.82. The molecule has 3 aromatic carbocycles. The van der Waals surface area contributed by atoms with Crippen LogP contribution < -0.4 is 10.1 Å². The van der Waals surface area contributed by atoms with Crippen LogP contribution in [0.2, 0.25) is 0 Å². The Kier molecular flexibility index (Phi) is 6.04. The molecule has 0 aliphatic heterocycles. The first kappa shape index (κ1) is 21.8. The smallest absolute Gasteiger partial charge is 0.336 e. The molecule has 172 valence electrons. The van der Waals surface area contributed by atoms with Gasteiger partial charge in [-0.25, -0.2) is 4.79 Å². The van der Waals surface area contributed by atoms with Gasteiger partial charge in [0.15, 0.2) is 5.82 Å². The Bertz CT molecular complexity index is 1390. The molecule has 6 nitrogen and oxygen atoms in total. The van der Waals surface area contributed by atoms with E-state index in [-0.39, 0.29) is 5.56 Å². The molecule has 0 amide bonds. The minimum atomic E-state index is -0.942. The standard InChI is InChI=1S/C28H27N3O3/c1-34-25-16-19(18-8-3-2-4-9-18)14-15-22(25)23-12-7-13-24-26(23)27(31-30-24)29-17-20-10-5-6-11-21(20)28(32)33/h5-8,10-16H,2-4,9,17H2,1H3,(H,32,33)(H2,29,30,31). The number of nitrogens with zero attached hydrogens (tertiary/aromatic N) is 1. The number of allylic oxidation sites excluding steroid dienone is 2. The van der Waals surface area contributed by atoms with E-state index in [9.17, 15) is 9.90 Å². The highest BCUT2D eigenvalue weighted by molar-refractivity contribution is 6.03. The zero-order valence-corrected chi connectivity index (χ0v) is 19.1. The summed E-state index contributed by atoms with van der Waals surface area (Å²) in [6.07, 6.45) is 7.06. The van der Waals surface area contributed by atoms with Gasteiger partial charge in [-0.05, 0) is 66.1 Å². The number of carbonyl (C=O) groups is 1. The number of carboxylic acid groups (broad SMARTS) is 1. The molecule has 34 heavy (non-hydrogen) atoms. The minimum Gasteiger partial charge on any atom is -0.496 e. The summed E-state index contributed by atoms with van der Waals surface area (Å²) >= 11 is 0. The molecule has 6 heteroatoms. The Morgan fingerprint density at radius 3 is 2.76 bits per heavy atom. The lowest BCUT2D eigenvalue weighted by molar-refractivity contribution is 0.0696. The highest BCUT2D eigenvalue weighted by atomic mass is 16.5. The van der Waals surface area contributed by atoms with Gasteiger partial charge in [0, 0.05) is 12.1 Å². The number of nitrogens with one attached hydrogen (secondary N) is 2. The van der Waals surface area contributed by atoms with Gasteiger partial charge in [-0.15, -0.1) is 0 Å². The normalized spacial score (nSPS) is 13.5. The van der Waals surface area contributed by atoms with Crippen LogP contribution >= 0.6 is 0 Å². The fraction of sp³-hybridized carbons (Fsp3) is 0.214. The van der Waals surface area contributed by atoms with Crippen LogP contribution in [0.3, 0.4) is 0 Å². The van der Waals surface area contributed by atoms with Gasteiger partial charge in [0.05, 0.1) is 23.6 Å². The van der Waals surface area contributed by atoms with Crippen molar-refractivity contribution in [3.05, 3.63) is 83.4 Å². The van der Waals surface area contributed by atoms with E-state index >= 15 is 0 Å². The van der Waals surface area contributed by atoms with Crippen molar-refractivity contribution in [2.75, 3.05) is 12.4 Å². The minimum absolute atomic E-state index is 0.282. The Balaban J connectivity index is 1.52. The molecule has 5 rings (SSSR count). The van der Waals surface area contributed by atoms with Crippen molar-refractivity contribution in [3.63, 3.8) is 0 Å². The van der Waals surface area contributed by atoms with Crippen molar-refractivity contribution < 1.29 is 14.6 Å². The van der Waals surface area contributed by atoms with Gasteiger partial charge in [0.25, 0.3) is 0 Å². The molecule has 1 heterocycles. The molecule has 0 saturated carbocycles. The molecule has 4 aromatic rings.